The van der Waals surface area contributed by atoms with E-state index in [1.54, 1.807) is 42.5 Å². The van der Waals surface area contributed by atoms with Gasteiger partial charge in [-0.2, -0.15) is 13.5 Å². The molecule has 0 radical (unpaired) electrons. The van der Waals surface area contributed by atoms with Crippen molar-refractivity contribution < 1.29 is 22.7 Å². The van der Waals surface area contributed by atoms with Gasteiger partial charge in [-0.3, -0.25) is 4.79 Å². The summed E-state index contributed by atoms with van der Waals surface area (Å²) in [7, 11) is -2.52. The number of hydrogen-bond acceptors (Lipinski definition) is 6. The van der Waals surface area contributed by atoms with Crippen molar-refractivity contribution >= 4 is 45.3 Å². The molecule has 0 bridgehead atoms. The molecule has 3 aromatic rings. The van der Waals surface area contributed by atoms with Crippen LogP contribution in [0.3, 0.4) is 0 Å². The molecule has 0 unspecified atom stereocenters. The molecular formula is C22H19Cl2N3O5S. The van der Waals surface area contributed by atoms with Crippen molar-refractivity contribution in [3.63, 3.8) is 0 Å². The third-order valence-corrected chi connectivity index (χ3v) is 6.35. The molecule has 0 saturated carbocycles. The highest BCUT2D eigenvalue weighted by molar-refractivity contribution is 7.89. The number of nitrogens with zero attached hydrogens (tertiary/aromatic N) is 1. The minimum Gasteiger partial charge on any atom is -0.496 e. The molecule has 0 aromatic heterocycles. The van der Waals surface area contributed by atoms with Gasteiger partial charge in [0.25, 0.3) is 15.9 Å². The Bertz CT molecular complexity index is 1310. The summed E-state index contributed by atoms with van der Waals surface area (Å²) in [6.45, 7) is 0.0684. The average molecular weight is 508 g/mol. The largest absolute Gasteiger partial charge is 0.496 e. The van der Waals surface area contributed by atoms with Crippen LogP contribution in [-0.4, -0.2) is 27.6 Å². The number of hydrogen-bond donors (Lipinski definition) is 2. The number of methoxy groups -OCH3 is 1. The number of para-hydroxylation sites is 1. The molecule has 8 nitrogen and oxygen atoms in total. The predicted octanol–water partition coefficient (Wildman–Crippen LogP) is 3.99. The number of halogens is 2. The van der Waals surface area contributed by atoms with Gasteiger partial charge in [0.1, 0.15) is 23.0 Å². The fourth-order valence-electron chi connectivity index (χ4n) is 2.85. The van der Waals surface area contributed by atoms with Crippen molar-refractivity contribution in [2.24, 2.45) is 10.8 Å². The number of sulfonamides is 1. The Morgan fingerprint density at radius 3 is 2.58 bits per heavy atom. The lowest BCUT2D eigenvalue weighted by atomic mass is 10.1. The zero-order valence-electron chi connectivity index (χ0n) is 17.3. The number of ether oxygens (including phenoxy) is 2. The molecule has 0 saturated heterocycles. The minimum absolute atomic E-state index is 0.0159. The van der Waals surface area contributed by atoms with Crippen molar-refractivity contribution in [3.05, 3.63) is 87.4 Å². The van der Waals surface area contributed by atoms with Crippen LogP contribution in [0.5, 0.6) is 11.5 Å². The van der Waals surface area contributed by atoms with Crippen molar-refractivity contribution in [1.29, 1.82) is 0 Å². The van der Waals surface area contributed by atoms with E-state index in [1.165, 1.54) is 31.5 Å². The van der Waals surface area contributed by atoms with Crippen molar-refractivity contribution in [1.82, 2.24) is 4.83 Å². The third kappa shape index (κ3) is 6.16. The van der Waals surface area contributed by atoms with Crippen LogP contribution in [0.25, 0.3) is 0 Å². The van der Waals surface area contributed by atoms with E-state index in [0.717, 1.165) is 0 Å². The number of primary amides is 1. The number of hydrazone groups is 1. The maximum absolute atomic E-state index is 12.5. The van der Waals surface area contributed by atoms with Crippen LogP contribution in [0.1, 0.15) is 21.5 Å². The maximum atomic E-state index is 12.5. The second-order valence-corrected chi connectivity index (χ2v) is 9.12. The highest BCUT2D eigenvalue weighted by Crippen LogP contribution is 2.25. The van der Waals surface area contributed by atoms with Crippen molar-refractivity contribution in [2.45, 2.75) is 11.5 Å². The monoisotopic (exact) mass is 507 g/mol. The molecule has 3 N–H and O–H groups in total. The van der Waals surface area contributed by atoms with E-state index in [1.807, 2.05) is 0 Å². The zero-order chi connectivity index (χ0) is 24.0. The summed E-state index contributed by atoms with van der Waals surface area (Å²) in [6, 6.07) is 15.8. The molecular weight excluding hydrogens is 489 g/mol. The highest BCUT2D eigenvalue weighted by atomic mass is 35.5. The molecule has 3 rings (SSSR count). The topological polar surface area (TPSA) is 120 Å². The van der Waals surface area contributed by atoms with Crippen LogP contribution in [0.2, 0.25) is 10.0 Å². The molecule has 0 aliphatic heterocycles. The van der Waals surface area contributed by atoms with Crippen molar-refractivity contribution in [2.75, 3.05) is 7.11 Å². The standard InChI is InChI=1S/C22H19Cl2N3O5S/c1-31-19-9-6-14(10-15(19)13-32-20-5-3-2-4-17(20)22(25)28)12-26-27-33(29,30)21-11-16(23)7-8-18(21)24/h2-12,27H,13H2,1H3,(H2,25,28). The Labute approximate surface area is 201 Å². The molecule has 3 aromatic carbocycles. The van der Waals surface area contributed by atoms with E-state index in [2.05, 4.69) is 9.93 Å². The number of nitrogens with one attached hydrogen (secondary N) is 1. The number of nitrogens with two attached hydrogens (primary N) is 1. The fraction of sp³-hybridized carbons (Fsp3) is 0.0909. The lowest BCUT2D eigenvalue weighted by molar-refractivity contribution is 0.0996. The number of benzene rings is 3. The van der Waals surface area contributed by atoms with Gasteiger partial charge in [-0.15, -0.1) is 0 Å². The Kier molecular flexibility index (Phi) is 7.80. The third-order valence-electron chi connectivity index (χ3n) is 4.41. The first-order valence-corrected chi connectivity index (χ1v) is 11.6. The Hall–Kier alpha value is -3.27. The number of amides is 1. The molecule has 0 atom stereocenters. The molecule has 172 valence electrons. The van der Waals surface area contributed by atoms with Crippen LogP contribution in [0.15, 0.2) is 70.7 Å². The average Bonchev–Trinajstić information content (AvgIpc) is 2.79. The van der Waals surface area contributed by atoms with Crippen LogP contribution >= 0.6 is 23.2 Å². The predicted molar refractivity (Wildman–Crippen MR) is 127 cm³/mol. The smallest absolute Gasteiger partial charge is 0.278 e. The summed E-state index contributed by atoms with van der Waals surface area (Å²) in [6.07, 6.45) is 1.32. The molecule has 11 heteroatoms. The maximum Gasteiger partial charge on any atom is 0.278 e. The fourth-order valence-corrected chi connectivity index (χ4v) is 4.40. The van der Waals surface area contributed by atoms with Gasteiger partial charge in [-0.05, 0) is 54.1 Å². The summed E-state index contributed by atoms with van der Waals surface area (Å²) < 4.78 is 36.0. The molecule has 0 spiro atoms. The van der Waals surface area contributed by atoms with E-state index in [-0.39, 0.29) is 27.1 Å². The Morgan fingerprint density at radius 1 is 1.09 bits per heavy atom. The summed E-state index contributed by atoms with van der Waals surface area (Å²) in [5.41, 5.74) is 6.84. The minimum atomic E-state index is -4.02. The van der Waals surface area contributed by atoms with Gasteiger partial charge in [-0.25, -0.2) is 4.83 Å². The van der Waals surface area contributed by atoms with Gasteiger partial charge in [0.2, 0.25) is 0 Å². The number of carbonyl (C=O) groups is 1. The summed E-state index contributed by atoms with van der Waals surface area (Å²) in [5, 5.41) is 4.04. The Balaban J connectivity index is 1.77. The van der Waals surface area contributed by atoms with Gasteiger partial charge in [0.15, 0.2) is 0 Å². The molecule has 0 heterocycles. The van der Waals surface area contributed by atoms with Gasteiger partial charge >= 0.3 is 0 Å². The number of rotatable bonds is 9. The van der Waals surface area contributed by atoms with Gasteiger partial charge < -0.3 is 15.2 Å². The summed E-state index contributed by atoms with van der Waals surface area (Å²) in [4.78, 5) is 13.5. The van der Waals surface area contributed by atoms with Gasteiger partial charge in [0, 0.05) is 10.6 Å². The van der Waals surface area contributed by atoms with Crippen LogP contribution in [0, 0.1) is 0 Å². The first-order chi connectivity index (χ1) is 15.7. The molecule has 33 heavy (non-hydrogen) atoms. The van der Waals surface area contributed by atoms with E-state index in [9.17, 15) is 13.2 Å². The SMILES string of the molecule is COc1ccc(C=NNS(=O)(=O)c2cc(Cl)ccc2Cl)cc1COc1ccccc1C(N)=O. The van der Waals surface area contributed by atoms with E-state index in [4.69, 9.17) is 38.4 Å². The van der Waals surface area contributed by atoms with Crippen LogP contribution in [0.4, 0.5) is 0 Å². The lowest BCUT2D eigenvalue weighted by Crippen LogP contribution is -2.18. The second kappa shape index (κ2) is 10.6. The first-order valence-electron chi connectivity index (χ1n) is 9.39. The van der Waals surface area contributed by atoms with Crippen LogP contribution in [-0.2, 0) is 16.6 Å². The van der Waals surface area contributed by atoms with Crippen LogP contribution < -0.4 is 20.0 Å². The first kappa shape index (κ1) is 24.4. The summed E-state index contributed by atoms with van der Waals surface area (Å²) in [5.74, 6) is 0.262. The lowest BCUT2D eigenvalue weighted by Gasteiger charge is -2.13. The zero-order valence-corrected chi connectivity index (χ0v) is 19.6. The van der Waals surface area contributed by atoms with Gasteiger partial charge in [0.05, 0.1) is 23.9 Å². The van der Waals surface area contributed by atoms with E-state index < -0.39 is 15.9 Å². The highest BCUT2D eigenvalue weighted by Gasteiger charge is 2.17. The van der Waals surface area contributed by atoms with Gasteiger partial charge in [-0.1, -0.05) is 35.3 Å². The molecule has 0 aliphatic carbocycles. The van der Waals surface area contributed by atoms with E-state index >= 15 is 0 Å². The molecule has 1 amide bonds. The number of carbonyl (C=O) groups excluding carboxylic acids is 1. The Morgan fingerprint density at radius 2 is 1.85 bits per heavy atom. The molecule has 0 fully saturated rings. The quantitative estimate of drug-likeness (QED) is 0.335. The summed E-state index contributed by atoms with van der Waals surface area (Å²) >= 11 is 11.8. The molecule has 0 aliphatic rings. The normalized spacial score (nSPS) is 11.4. The van der Waals surface area contributed by atoms with E-state index in [0.29, 0.717) is 22.6 Å². The van der Waals surface area contributed by atoms with Crippen molar-refractivity contribution in [3.8, 4) is 11.5 Å². The second-order valence-electron chi connectivity index (χ2n) is 6.65.